The number of hydrogen-bond acceptors (Lipinski definition) is 4. The Hall–Kier alpha value is -2.71. The number of nitrogens with zero attached hydrogens (tertiary/aromatic N) is 4. The monoisotopic (exact) mass is 292 g/mol. The van der Waals surface area contributed by atoms with E-state index in [2.05, 4.69) is 16.2 Å². The number of nitriles is 1. The Bertz CT molecular complexity index is 852. The molecule has 3 rings (SSSR count). The summed E-state index contributed by atoms with van der Waals surface area (Å²) >= 11 is 1.52. The van der Waals surface area contributed by atoms with Crippen molar-refractivity contribution in [2.24, 2.45) is 12.0 Å². The van der Waals surface area contributed by atoms with Crippen molar-refractivity contribution in [3.63, 3.8) is 0 Å². The van der Waals surface area contributed by atoms with Gasteiger partial charge >= 0.3 is 0 Å². The highest BCUT2D eigenvalue weighted by Crippen LogP contribution is 2.20. The van der Waals surface area contributed by atoms with E-state index in [1.54, 1.807) is 16.8 Å². The predicted molar refractivity (Wildman–Crippen MR) is 82.9 cm³/mol. The van der Waals surface area contributed by atoms with E-state index >= 15 is 0 Å². The molecule has 0 aliphatic carbocycles. The molecular weight excluding hydrogens is 280 g/mol. The number of benzene rings is 2. The van der Waals surface area contributed by atoms with E-state index in [1.165, 1.54) is 11.3 Å². The van der Waals surface area contributed by atoms with Crippen LogP contribution in [0.3, 0.4) is 0 Å². The highest BCUT2D eigenvalue weighted by atomic mass is 32.1. The molecule has 0 unspecified atom stereocenters. The van der Waals surface area contributed by atoms with Gasteiger partial charge in [0.1, 0.15) is 5.01 Å². The standard InChI is InChI=1S/C16H12N4S/c1-20-16(18-14-5-3-2-4-6-14)21-15(19-20)13-9-7-12(11-17)8-10-13/h2-10H,1H3. The summed E-state index contributed by atoms with van der Waals surface area (Å²) in [4.78, 5) is 5.42. The van der Waals surface area contributed by atoms with Crippen molar-refractivity contribution in [3.05, 3.63) is 65.0 Å². The highest BCUT2D eigenvalue weighted by molar-refractivity contribution is 7.12. The summed E-state index contributed by atoms with van der Waals surface area (Å²) in [6.07, 6.45) is 0. The molecule has 0 aliphatic rings. The van der Waals surface area contributed by atoms with E-state index in [-0.39, 0.29) is 0 Å². The third-order valence-corrected chi connectivity index (χ3v) is 4.00. The lowest BCUT2D eigenvalue weighted by atomic mass is 10.2. The van der Waals surface area contributed by atoms with Gasteiger partial charge in [0.25, 0.3) is 0 Å². The number of aromatic nitrogens is 2. The second-order valence-corrected chi connectivity index (χ2v) is 5.41. The molecule has 0 bridgehead atoms. The van der Waals surface area contributed by atoms with Crippen molar-refractivity contribution in [3.8, 4) is 16.6 Å². The molecule has 0 saturated heterocycles. The van der Waals surface area contributed by atoms with Crippen molar-refractivity contribution >= 4 is 17.0 Å². The van der Waals surface area contributed by atoms with Crippen LogP contribution in [0.1, 0.15) is 5.56 Å². The molecule has 0 radical (unpaired) electrons. The third kappa shape index (κ3) is 2.91. The van der Waals surface area contributed by atoms with Crippen LogP contribution in [0.15, 0.2) is 59.6 Å². The molecule has 5 heteroatoms. The van der Waals surface area contributed by atoms with E-state index in [1.807, 2.05) is 49.5 Å². The molecule has 0 N–H and O–H groups in total. The van der Waals surface area contributed by atoms with Crippen LogP contribution in [0.25, 0.3) is 10.6 Å². The normalized spacial score (nSPS) is 11.3. The zero-order valence-corrected chi connectivity index (χ0v) is 12.2. The molecule has 0 fully saturated rings. The number of hydrogen-bond donors (Lipinski definition) is 0. The van der Waals surface area contributed by atoms with Crippen LogP contribution >= 0.6 is 11.3 Å². The van der Waals surface area contributed by atoms with Crippen LogP contribution in [0.4, 0.5) is 5.69 Å². The molecule has 4 nitrogen and oxygen atoms in total. The van der Waals surface area contributed by atoms with Crippen LogP contribution in [0.2, 0.25) is 0 Å². The Morgan fingerprint density at radius 2 is 1.81 bits per heavy atom. The van der Waals surface area contributed by atoms with Gasteiger partial charge in [-0.3, -0.25) is 0 Å². The van der Waals surface area contributed by atoms with Crippen LogP contribution in [0.5, 0.6) is 0 Å². The molecule has 0 saturated carbocycles. The van der Waals surface area contributed by atoms with E-state index < -0.39 is 0 Å². The summed E-state index contributed by atoms with van der Waals surface area (Å²) in [5, 5.41) is 14.2. The predicted octanol–water partition coefficient (Wildman–Crippen LogP) is 3.25. The smallest absolute Gasteiger partial charge is 0.208 e. The maximum absolute atomic E-state index is 8.83. The molecule has 102 valence electrons. The molecule has 0 spiro atoms. The van der Waals surface area contributed by atoms with Crippen LogP contribution in [0, 0.1) is 11.3 Å². The molecule has 0 aliphatic heterocycles. The van der Waals surface area contributed by atoms with Gasteiger partial charge in [-0.15, -0.1) is 0 Å². The summed E-state index contributed by atoms with van der Waals surface area (Å²) in [6, 6.07) is 19.3. The van der Waals surface area contributed by atoms with Gasteiger partial charge in [0.15, 0.2) is 0 Å². The second-order valence-electron chi connectivity index (χ2n) is 4.45. The SMILES string of the molecule is Cn1nc(-c2ccc(C#N)cc2)sc1=Nc1ccccc1. The van der Waals surface area contributed by atoms with Crippen molar-refractivity contribution in [1.82, 2.24) is 9.78 Å². The first-order chi connectivity index (χ1) is 10.3. The Labute approximate surface area is 126 Å². The van der Waals surface area contributed by atoms with Crippen LogP contribution in [-0.2, 0) is 7.05 Å². The first kappa shape index (κ1) is 13.3. The lowest BCUT2D eigenvalue weighted by molar-refractivity contribution is 0.732. The molecule has 1 aromatic heterocycles. The maximum Gasteiger partial charge on any atom is 0.208 e. The molecule has 1 heterocycles. The van der Waals surface area contributed by atoms with E-state index in [0.29, 0.717) is 5.56 Å². The zero-order valence-electron chi connectivity index (χ0n) is 11.4. The fraction of sp³-hybridized carbons (Fsp3) is 0.0625. The summed E-state index contributed by atoms with van der Waals surface area (Å²) in [7, 11) is 1.88. The van der Waals surface area contributed by atoms with Crippen molar-refractivity contribution in [2.45, 2.75) is 0 Å². The number of para-hydroxylation sites is 1. The lowest BCUT2D eigenvalue weighted by Gasteiger charge is -1.94. The van der Waals surface area contributed by atoms with Crippen molar-refractivity contribution in [1.29, 1.82) is 5.26 Å². The minimum atomic E-state index is 0.647. The maximum atomic E-state index is 8.83. The quantitative estimate of drug-likeness (QED) is 0.728. The van der Waals surface area contributed by atoms with Gasteiger partial charge in [0.2, 0.25) is 4.80 Å². The summed E-state index contributed by atoms with van der Waals surface area (Å²) in [5.74, 6) is 0. The molecule has 2 aromatic carbocycles. The average Bonchev–Trinajstić information content (AvgIpc) is 2.89. The Morgan fingerprint density at radius 3 is 2.48 bits per heavy atom. The summed E-state index contributed by atoms with van der Waals surface area (Å²) in [5.41, 5.74) is 2.54. The summed E-state index contributed by atoms with van der Waals surface area (Å²) in [6.45, 7) is 0. The number of aryl methyl sites for hydroxylation is 1. The van der Waals surface area contributed by atoms with E-state index in [0.717, 1.165) is 21.1 Å². The molecule has 21 heavy (non-hydrogen) atoms. The Balaban J connectivity index is 2.01. The van der Waals surface area contributed by atoms with Gasteiger partial charge in [0.05, 0.1) is 17.3 Å². The second kappa shape index (κ2) is 5.73. The van der Waals surface area contributed by atoms with Crippen LogP contribution in [-0.4, -0.2) is 9.78 Å². The van der Waals surface area contributed by atoms with Gasteiger partial charge in [-0.1, -0.05) is 41.7 Å². The third-order valence-electron chi connectivity index (χ3n) is 2.95. The van der Waals surface area contributed by atoms with E-state index in [4.69, 9.17) is 5.26 Å². The van der Waals surface area contributed by atoms with E-state index in [9.17, 15) is 0 Å². The minimum Gasteiger partial charge on any atom is -0.241 e. The molecule has 0 atom stereocenters. The van der Waals surface area contributed by atoms with Gasteiger partial charge in [-0.2, -0.15) is 10.4 Å². The Kier molecular flexibility index (Phi) is 3.63. The lowest BCUT2D eigenvalue weighted by Crippen LogP contribution is -2.10. The summed E-state index contributed by atoms with van der Waals surface area (Å²) < 4.78 is 1.77. The van der Waals surface area contributed by atoms with Crippen molar-refractivity contribution in [2.75, 3.05) is 0 Å². The average molecular weight is 292 g/mol. The zero-order chi connectivity index (χ0) is 14.7. The van der Waals surface area contributed by atoms with Crippen molar-refractivity contribution < 1.29 is 0 Å². The first-order valence-electron chi connectivity index (χ1n) is 6.41. The Morgan fingerprint density at radius 1 is 1.10 bits per heavy atom. The topological polar surface area (TPSA) is 54.0 Å². The fourth-order valence-corrected chi connectivity index (χ4v) is 2.78. The van der Waals surface area contributed by atoms with Gasteiger partial charge in [-0.25, -0.2) is 9.67 Å². The van der Waals surface area contributed by atoms with Crippen LogP contribution < -0.4 is 4.80 Å². The van der Waals surface area contributed by atoms with Gasteiger partial charge < -0.3 is 0 Å². The van der Waals surface area contributed by atoms with Gasteiger partial charge in [0, 0.05) is 12.6 Å². The first-order valence-corrected chi connectivity index (χ1v) is 7.22. The molecule has 0 amide bonds. The largest absolute Gasteiger partial charge is 0.241 e. The number of rotatable bonds is 2. The minimum absolute atomic E-state index is 0.647. The molecule has 3 aromatic rings. The fourth-order valence-electron chi connectivity index (χ4n) is 1.86. The van der Waals surface area contributed by atoms with Gasteiger partial charge in [-0.05, 0) is 24.3 Å². The highest BCUT2D eigenvalue weighted by Gasteiger charge is 2.05. The molecular formula is C16H12N4S.